The molecule has 2 rings (SSSR count). The number of nitrogens with two attached hydrogens (primary N) is 1. The first kappa shape index (κ1) is 16.9. The monoisotopic (exact) mass is 314 g/mol. The van der Waals surface area contributed by atoms with E-state index in [-0.39, 0.29) is 12.4 Å². The summed E-state index contributed by atoms with van der Waals surface area (Å²) in [5.41, 5.74) is 6.83. The molecule has 0 spiro atoms. The first-order chi connectivity index (χ1) is 9.34. The molecular formula is C14H19ClN2O2S. The zero-order valence-corrected chi connectivity index (χ0v) is 12.8. The van der Waals surface area contributed by atoms with Gasteiger partial charge < -0.3 is 15.2 Å². The molecule has 2 N–H and O–H groups in total. The van der Waals surface area contributed by atoms with Crippen LogP contribution < -0.4 is 10.5 Å². The molecule has 0 aromatic heterocycles. The van der Waals surface area contributed by atoms with Gasteiger partial charge in [-0.3, -0.25) is 0 Å². The van der Waals surface area contributed by atoms with Gasteiger partial charge in [-0.05, 0) is 24.1 Å². The molecule has 0 bridgehead atoms. The molecule has 1 aliphatic rings. The van der Waals surface area contributed by atoms with Crippen LogP contribution in [0.15, 0.2) is 47.1 Å². The lowest BCUT2D eigenvalue weighted by atomic mass is 10.2. The Morgan fingerprint density at radius 3 is 2.65 bits per heavy atom. The van der Waals surface area contributed by atoms with Crippen molar-refractivity contribution in [3.8, 4) is 5.75 Å². The average molecular weight is 315 g/mol. The third-order valence-electron chi connectivity index (χ3n) is 2.59. The van der Waals surface area contributed by atoms with Crippen LogP contribution in [0.2, 0.25) is 0 Å². The van der Waals surface area contributed by atoms with Crippen LogP contribution in [0.25, 0.3) is 0 Å². The molecular weight excluding hydrogens is 296 g/mol. The number of amidine groups is 1. The smallest absolute Gasteiger partial charge is 0.158 e. The fraction of sp³-hybridized carbons (Fsp3) is 0.357. The third kappa shape index (κ3) is 6.32. The van der Waals surface area contributed by atoms with Gasteiger partial charge >= 0.3 is 0 Å². The van der Waals surface area contributed by atoms with Crippen LogP contribution in [0.5, 0.6) is 5.75 Å². The summed E-state index contributed by atoms with van der Waals surface area (Å²) in [6, 6.07) is 9.75. The molecule has 1 aliphatic heterocycles. The van der Waals surface area contributed by atoms with E-state index in [1.54, 1.807) is 11.8 Å². The van der Waals surface area contributed by atoms with Gasteiger partial charge in [-0.2, -0.15) is 0 Å². The summed E-state index contributed by atoms with van der Waals surface area (Å²) in [6.45, 7) is 1.86. The Labute approximate surface area is 129 Å². The molecule has 0 atom stereocenters. The number of nitrogens with zero attached hydrogens (tertiary/aromatic N) is 1. The molecule has 110 valence electrons. The molecule has 0 aliphatic carbocycles. The zero-order valence-electron chi connectivity index (χ0n) is 11.2. The second-order valence-electron chi connectivity index (χ2n) is 4.07. The summed E-state index contributed by atoms with van der Waals surface area (Å²) < 4.78 is 11.1. The van der Waals surface area contributed by atoms with Crippen LogP contribution >= 0.6 is 24.2 Å². The molecule has 0 fully saturated rings. The second-order valence-corrected chi connectivity index (χ2v) is 5.06. The Balaban J connectivity index is 0.00000200. The van der Waals surface area contributed by atoms with Gasteiger partial charge in [0.25, 0.3) is 0 Å². The highest BCUT2D eigenvalue weighted by molar-refractivity contribution is 8.14. The van der Waals surface area contributed by atoms with E-state index in [0.29, 0.717) is 25.0 Å². The van der Waals surface area contributed by atoms with Crippen molar-refractivity contribution in [2.24, 2.45) is 10.7 Å². The maximum atomic E-state index is 5.57. The largest absolute Gasteiger partial charge is 0.491 e. The lowest BCUT2D eigenvalue weighted by molar-refractivity contribution is 0.102. The Morgan fingerprint density at radius 2 is 1.95 bits per heavy atom. The van der Waals surface area contributed by atoms with E-state index in [0.717, 1.165) is 17.9 Å². The van der Waals surface area contributed by atoms with E-state index >= 15 is 0 Å². The third-order valence-corrected chi connectivity index (χ3v) is 3.50. The Kier molecular flexibility index (Phi) is 8.18. The van der Waals surface area contributed by atoms with Gasteiger partial charge in [0, 0.05) is 12.0 Å². The fourth-order valence-corrected chi connectivity index (χ4v) is 2.25. The molecule has 0 saturated carbocycles. The van der Waals surface area contributed by atoms with Crippen LogP contribution in [0.3, 0.4) is 0 Å². The van der Waals surface area contributed by atoms with Gasteiger partial charge in [0.15, 0.2) is 5.17 Å². The number of hydrogen-bond donors (Lipinski definition) is 1. The minimum Gasteiger partial charge on any atom is -0.491 e. The van der Waals surface area contributed by atoms with E-state index in [1.807, 2.05) is 36.5 Å². The molecule has 20 heavy (non-hydrogen) atoms. The van der Waals surface area contributed by atoms with Gasteiger partial charge in [0.2, 0.25) is 0 Å². The van der Waals surface area contributed by atoms with Gasteiger partial charge in [0.1, 0.15) is 12.4 Å². The molecule has 4 nitrogen and oxygen atoms in total. The quantitative estimate of drug-likeness (QED) is 0.786. The number of halogens is 1. The number of hydrogen-bond acceptors (Lipinski definition) is 5. The number of para-hydroxylation sites is 1. The van der Waals surface area contributed by atoms with E-state index in [2.05, 4.69) is 4.99 Å². The summed E-state index contributed by atoms with van der Waals surface area (Å²) in [6.07, 6.45) is 2.74. The van der Waals surface area contributed by atoms with Gasteiger partial charge in [-0.15, -0.1) is 12.4 Å². The summed E-state index contributed by atoms with van der Waals surface area (Å²) in [7, 11) is 0. The maximum Gasteiger partial charge on any atom is 0.158 e. The average Bonchev–Trinajstić information content (AvgIpc) is 2.46. The van der Waals surface area contributed by atoms with Crippen molar-refractivity contribution in [2.75, 3.05) is 25.6 Å². The van der Waals surface area contributed by atoms with E-state index in [9.17, 15) is 0 Å². The molecule has 1 heterocycles. The highest BCUT2D eigenvalue weighted by Gasteiger charge is 2.05. The van der Waals surface area contributed by atoms with E-state index in [1.165, 1.54) is 5.57 Å². The lowest BCUT2D eigenvalue weighted by Crippen LogP contribution is -2.12. The Bertz CT molecular complexity index is 452. The molecule has 0 saturated heterocycles. The van der Waals surface area contributed by atoms with Crippen molar-refractivity contribution in [3.63, 3.8) is 0 Å². The van der Waals surface area contributed by atoms with Crippen LogP contribution in [0.4, 0.5) is 0 Å². The summed E-state index contributed by atoms with van der Waals surface area (Å²) in [4.78, 5) is 4.08. The SMILES string of the molecule is Cl.NC1=NC=C(CCOCCOc2ccccc2)CS1. The Morgan fingerprint density at radius 1 is 1.15 bits per heavy atom. The van der Waals surface area contributed by atoms with Crippen molar-refractivity contribution in [1.82, 2.24) is 0 Å². The summed E-state index contributed by atoms with van der Waals surface area (Å²) in [5, 5.41) is 0.640. The second kappa shape index (κ2) is 9.69. The standard InChI is InChI=1S/C14H18N2O2S.ClH/c15-14-16-10-12(11-19-14)6-7-17-8-9-18-13-4-2-1-3-5-13;/h1-5,10H,6-9,11H2,(H2,15,16);1H. The van der Waals surface area contributed by atoms with Crippen molar-refractivity contribution in [3.05, 3.63) is 42.1 Å². The molecule has 0 radical (unpaired) electrons. The highest BCUT2D eigenvalue weighted by Crippen LogP contribution is 2.16. The van der Waals surface area contributed by atoms with E-state index in [4.69, 9.17) is 15.2 Å². The zero-order chi connectivity index (χ0) is 13.3. The molecule has 0 amide bonds. The van der Waals surface area contributed by atoms with Crippen molar-refractivity contribution in [1.29, 1.82) is 0 Å². The normalized spacial score (nSPS) is 14.0. The van der Waals surface area contributed by atoms with Crippen LogP contribution in [-0.4, -0.2) is 30.7 Å². The molecule has 0 unspecified atom stereocenters. The predicted octanol–water partition coefficient (Wildman–Crippen LogP) is 2.84. The summed E-state index contributed by atoms with van der Waals surface area (Å²) >= 11 is 1.57. The molecule has 1 aromatic carbocycles. The van der Waals surface area contributed by atoms with Gasteiger partial charge in [0.05, 0.1) is 13.2 Å². The van der Waals surface area contributed by atoms with Crippen LogP contribution in [-0.2, 0) is 4.74 Å². The van der Waals surface area contributed by atoms with Crippen LogP contribution in [0.1, 0.15) is 6.42 Å². The molecule has 6 heteroatoms. The first-order valence-electron chi connectivity index (χ1n) is 6.24. The minimum absolute atomic E-state index is 0. The van der Waals surface area contributed by atoms with Crippen molar-refractivity contribution >= 4 is 29.3 Å². The Hall–Kier alpha value is -1.17. The van der Waals surface area contributed by atoms with Gasteiger partial charge in [-0.1, -0.05) is 30.0 Å². The number of benzene rings is 1. The minimum atomic E-state index is 0. The number of ether oxygens (including phenoxy) is 2. The fourth-order valence-electron chi connectivity index (χ4n) is 1.57. The summed E-state index contributed by atoms with van der Waals surface area (Å²) in [5.74, 6) is 1.79. The highest BCUT2D eigenvalue weighted by atomic mass is 35.5. The van der Waals surface area contributed by atoms with E-state index < -0.39 is 0 Å². The molecule has 1 aromatic rings. The van der Waals surface area contributed by atoms with Crippen LogP contribution in [0, 0.1) is 0 Å². The predicted molar refractivity (Wildman–Crippen MR) is 86.8 cm³/mol. The maximum absolute atomic E-state index is 5.57. The topological polar surface area (TPSA) is 56.8 Å². The van der Waals surface area contributed by atoms with Crippen molar-refractivity contribution in [2.45, 2.75) is 6.42 Å². The number of thioether (sulfide) groups is 1. The number of aliphatic imine (C=N–C) groups is 1. The first-order valence-corrected chi connectivity index (χ1v) is 7.23. The lowest BCUT2D eigenvalue weighted by Gasteiger charge is -2.11. The number of rotatable bonds is 7. The van der Waals surface area contributed by atoms with Crippen molar-refractivity contribution < 1.29 is 9.47 Å². The van der Waals surface area contributed by atoms with Gasteiger partial charge in [-0.25, -0.2) is 4.99 Å².